The van der Waals surface area contributed by atoms with E-state index >= 15 is 0 Å². The first-order valence-corrected chi connectivity index (χ1v) is 11.2. The van der Waals surface area contributed by atoms with Crippen molar-refractivity contribution in [1.82, 2.24) is 19.5 Å². The number of nitrogens with one attached hydrogen (secondary N) is 1. The summed E-state index contributed by atoms with van der Waals surface area (Å²) in [6.07, 6.45) is 7.84. The minimum atomic E-state index is -0.0292. The molecule has 0 bridgehead atoms. The van der Waals surface area contributed by atoms with Gasteiger partial charge in [0.05, 0.1) is 0 Å². The van der Waals surface area contributed by atoms with Crippen molar-refractivity contribution >= 4 is 28.6 Å². The molecular formula is C23H24ClN5O. The van der Waals surface area contributed by atoms with Crippen LogP contribution in [0.4, 0.5) is 5.95 Å². The van der Waals surface area contributed by atoms with Crippen molar-refractivity contribution in [2.45, 2.75) is 38.1 Å². The molecule has 2 aromatic heterocycles. The van der Waals surface area contributed by atoms with Crippen molar-refractivity contribution in [1.29, 1.82) is 0 Å². The maximum absolute atomic E-state index is 13.4. The SMILES string of the molecule is O=c1c(-c2ccccc2Cl)cc2cnc(NN3CC4CCCC4C3)nc2n1C1CC1. The van der Waals surface area contributed by atoms with Crippen LogP contribution in [0.5, 0.6) is 0 Å². The van der Waals surface area contributed by atoms with Gasteiger partial charge in [-0.05, 0) is 49.7 Å². The molecule has 0 radical (unpaired) electrons. The summed E-state index contributed by atoms with van der Waals surface area (Å²) >= 11 is 6.40. The molecule has 1 aromatic carbocycles. The van der Waals surface area contributed by atoms with Crippen molar-refractivity contribution < 1.29 is 0 Å². The van der Waals surface area contributed by atoms with Gasteiger partial charge in [-0.15, -0.1) is 0 Å². The van der Waals surface area contributed by atoms with Gasteiger partial charge in [0, 0.05) is 46.9 Å². The van der Waals surface area contributed by atoms with Gasteiger partial charge in [-0.1, -0.05) is 36.2 Å². The fourth-order valence-electron chi connectivity index (χ4n) is 5.19. The fourth-order valence-corrected chi connectivity index (χ4v) is 5.42. The maximum Gasteiger partial charge on any atom is 0.260 e. The van der Waals surface area contributed by atoms with Gasteiger partial charge in [0.2, 0.25) is 5.95 Å². The number of pyridine rings is 1. The summed E-state index contributed by atoms with van der Waals surface area (Å²) in [6.45, 7) is 2.10. The van der Waals surface area contributed by atoms with Gasteiger partial charge in [-0.3, -0.25) is 14.8 Å². The Morgan fingerprint density at radius 2 is 1.80 bits per heavy atom. The van der Waals surface area contributed by atoms with E-state index in [4.69, 9.17) is 16.6 Å². The van der Waals surface area contributed by atoms with E-state index in [1.807, 2.05) is 41.1 Å². The van der Waals surface area contributed by atoms with E-state index in [0.717, 1.165) is 48.7 Å². The summed E-state index contributed by atoms with van der Waals surface area (Å²) in [4.78, 5) is 22.8. The van der Waals surface area contributed by atoms with Crippen molar-refractivity contribution in [3.8, 4) is 11.1 Å². The van der Waals surface area contributed by atoms with E-state index in [2.05, 4.69) is 15.4 Å². The van der Waals surface area contributed by atoms with E-state index in [-0.39, 0.29) is 11.6 Å². The Balaban J connectivity index is 1.40. The number of nitrogens with zero attached hydrogens (tertiary/aromatic N) is 4. The Bertz CT molecular complexity index is 1180. The van der Waals surface area contributed by atoms with Crippen molar-refractivity contribution in [2.75, 3.05) is 18.5 Å². The van der Waals surface area contributed by atoms with Gasteiger partial charge in [-0.25, -0.2) is 9.99 Å². The Morgan fingerprint density at radius 3 is 2.53 bits per heavy atom. The molecule has 3 aromatic rings. The minimum absolute atomic E-state index is 0.0292. The quantitative estimate of drug-likeness (QED) is 0.671. The normalized spacial score (nSPS) is 23.8. The van der Waals surface area contributed by atoms with E-state index in [0.29, 0.717) is 22.2 Å². The topological polar surface area (TPSA) is 63.1 Å². The molecule has 6 nitrogen and oxygen atoms in total. The van der Waals surface area contributed by atoms with Crippen molar-refractivity contribution in [2.24, 2.45) is 11.8 Å². The predicted molar refractivity (Wildman–Crippen MR) is 119 cm³/mol. The van der Waals surface area contributed by atoms with Gasteiger partial charge in [0.1, 0.15) is 5.65 Å². The Labute approximate surface area is 179 Å². The average molecular weight is 422 g/mol. The molecule has 2 aliphatic carbocycles. The Morgan fingerprint density at radius 1 is 1.03 bits per heavy atom. The highest BCUT2D eigenvalue weighted by Crippen LogP contribution is 2.38. The van der Waals surface area contributed by atoms with Crippen molar-refractivity contribution in [3.05, 3.63) is 51.9 Å². The van der Waals surface area contributed by atoms with Gasteiger partial charge >= 0.3 is 0 Å². The average Bonchev–Trinajstić information content (AvgIpc) is 3.36. The number of hydrogen-bond acceptors (Lipinski definition) is 5. The molecule has 1 N–H and O–H groups in total. The molecule has 7 heteroatoms. The molecule has 2 atom stereocenters. The van der Waals surface area contributed by atoms with Gasteiger partial charge in [0.15, 0.2) is 0 Å². The molecule has 2 unspecified atom stereocenters. The van der Waals surface area contributed by atoms with E-state index < -0.39 is 0 Å². The molecule has 0 amide bonds. The minimum Gasteiger partial charge on any atom is -0.289 e. The van der Waals surface area contributed by atoms with Crippen LogP contribution in [0, 0.1) is 11.8 Å². The van der Waals surface area contributed by atoms with Crippen LogP contribution in [-0.4, -0.2) is 32.6 Å². The highest BCUT2D eigenvalue weighted by Gasteiger charge is 2.36. The van der Waals surface area contributed by atoms with Crippen LogP contribution < -0.4 is 11.0 Å². The number of hydrogen-bond donors (Lipinski definition) is 1. The number of fused-ring (bicyclic) bond motifs is 2. The Kier molecular flexibility index (Phi) is 4.32. The lowest BCUT2D eigenvalue weighted by Gasteiger charge is -2.19. The smallest absolute Gasteiger partial charge is 0.260 e. The molecule has 154 valence electrons. The first-order valence-electron chi connectivity index (χ1n) is 10.9. The second-order valence-corrected chi connectivity index (χ2v) is 9.29. The van der Waals surface area contributed by atoms with Crippen molar-refractivity contribution in [3.63, 3.8) is 0 Å². The van der Waals surface area contributed by atoms with Gasteiger partial charge in [-0.2, -0.15) is 4.98 Å². The standard InChI is InChI=1S/C23H24ClN5O/c24-20-7-2-1-6-18(20)19-10-16-11-25-23(26-21(16)29(22(19)30)17-8-9-17)27-28-12-14-4-3-5-15(14)13-28/h1-2,6-7,10-11,14-15,17H,3-5,8-9,12-13H2,(H,25,26,27). The van der Waals surface area contributed by atoms with E-state index in [1.54, 1.807) is 0 Å². The van der Waals surface area contributed by atoms with Crippen LogP contribution in [0.1, 0.15) is 38.1 Å². The summed E-state index contributed by atoms with van der Waals surface area (Å²) in [7, 11) is 0. The first kappa shape index (κ1) is 18.3. The van der Waals surface area contributed by atoms with Gasteiger partial charge < -0.3 is 0 Å². The van der Waals surface area contributed by atoms with Crippen LogP contribution in [0.25, 0.3) is 22.2 Å². The second-order valence-electron chi connectivity index (χ2n) is 8.88. The van der Waals surface area contributed by atoms with Crippen LogP contribution >= 0.6 is 11.6 Å². The maximum atomic E-state index is 13.4. The lowest BCUT2D eigenvalue weighted by Crippen LogP contribution is -2.30. The monoisotopic (exact) mass is 421 g/mol. The van der Waals surface area contributed by atoms with E-state index in [9.17, 15) is 4.79 Å². The lowest BCUT2D eigenvalue weighted by atomic mass is 10.0. The molecule has 1 aliphatic heterocycles. The third-order valence-corrected chi connectivity index (χ3v) is 7.16. The molecule has 0 spiro atoms. The molecule has 2 saturated carbocycles. The number of halogens is 1. The number of rotatable bonds is 4. The number of benzene rings is 1. The predicted octanol–water partition coefficient (Wildman–Crippen LogP) is 4.51. The summed E-state index contributed by atoms with van der Waals surface area (Å²) in [5.41, 5.74) is 5.44. The molecule has 3 heterocycles. The summed E-state index contributed by atoms with van der Waals surface area (Å²) < 4.78 is 1.85. The van der Waals surface area contributed by atoms with Crippen LogP contribution in [-0.2, 0) is 0 Å². The molecule has 30 heavy (non-hydrogen) atoms. The zero-order chi connectivity index (χ0) is 20.2. The van der Waals surface area contributed by atoms with E-state index in [1.165, 1.54) is 19.3 Å². The summed E-state index contributed by atoms with van der Waals surface area (Å²) in [5, 5.41) is 3.68. The first-order chi connectivity index (χ1) is 14.7. The molecular weight excluding hydrogens is 398 g/mol. The van der Waals surface area contributed by atoms with Crippen LogP contribution in [0.2, 0.25) is 5.02 Å². The third kappa shape index (κ3) is 3.10. The highest BCUT2D eigenvalue weighted by atomic mass is 35.5. The van der Waals surface area contributed by atoms with Crippen LogP contribution in [0.15, 0.2) is 41.3 Å². The van der Waals surface area contributed by atoms with Crippen LogP contribution in [0.3, 0.4) is 0 Å². The summed E-state index contributed by atoms with van der Waals surface area (Å²) in [5.74, 6) is 2.16. The number of anilines is 1. The Hall–Kier alpha value is -2.44. The number of aromatic nitrogens is 3. The molecule has 1 saturated heterocycles. The zero-order valence-electron chi connectivity index (χ0n) is 16.7. The molecule has 6 rings (SSSR count). The molecule has 3 fully saturated rings. The van der Waals surface area contributed by atoms with Gasteiger partial charge in [0.25, 0.3) is 5.56 Å². The third-order valence-electron chi connectivity index (χ3n) is 6.83. The molecule has 3 aliphatic rings. The summed E-state index contributed by atoms with van der Waals surface area (Å²) in [6, 6.07) is 9.57. The zero-order valence-corrected chi connectivity index (χ0v) is 17.5. The number of hydrazine groups is 1. The second kappa shape index (κ2) is 7.06. The highest BCUT2D eigenvalue weighted by molar-refractivity contribution is 6.33. The fraction of sp³-hybridized carbons (Fsp3) is 0.435. The largest absolute Gasteiger partial charge is 0.289 e. The lowest BCUT2D eigenvalue weighted by molar-refractivity contribution is 0.369.